The molecule has 0 spiro atoms. The van der Waals surface area contributed by atoms with Crippen molar-refractivity contribution in [3.8, 4) is 5.69 Å². The molecule has 28 heavy (non-hydrogen) atoms. The van der Waals surface area contributed by atoms with Gasteiger partial charge in [-0.2, -0.15) is 4.68 Å². The first kappa shape index (κ1) is 19.9. The van der Waals surface area contributed by atoms with Crippen molar-refractivity contribution in [2.24, 2.45) is 5.92 Å². The molecule has 0 unspecified atom stereocenters. The molecule has 2 aromatic rings. The van der Waals surface area contributed by atoms with Gasteiger partial charge in [0.25, 0.3) is 5.91 Å². The van der Waals surface area contributed by atoms with E-state index in [9.17, 15) is 9.59 Å². The predicted octanol–water partition coefficient (Wildman–Crippen LogP) is 1.23. The van der Waals surface area contributed by atoms with Crippen molar-refractivity contribution in [1.82, 2.24) is 30.0 Å². The van der Waals surface area contributed by atoms with Gasteiger partial charge in [0.1, 0.15) is 0 Å². The van der Waals surface area contributed by atoms with Crippen LogP contribution in [0.15, 0.2) is 24.3 Å². The van der Waals surface area contributed by atoms with Crippen LogP contribution in [0.3, 0.4) is 0 Å². The standard InChI is InChI=1S/C19H26N6O3/c1-13-20-21-22-25(13)16-6-4-5-14(11-16)19(28)24-10-9-17(23(2)3)15(12-24)7-8-18(26)27/h4-6,11,15,17H,7-10,12H2,1-3H3,(H,26,27)/t15-,17+/m0/s1. The van der Waals surface area contributed by atoms with Crippen LogP contribution < -0.4 is 0 Å². The van der Waals surface area contributed by atoms with E-state index in [0.717, 1.165) is 12.1 Å². The Labute approximate surface area is 163 Å². The number of carbonyl (C=O) groups is 2. The minimum atomic E-state index is -0.800. The van der Waals surface area contributed by atoms with E-state index in [4.69, 9.17) is 5.11 Å². The lowest BCUT2D eigenvalue weighted by molar-refractivity contribution is -0.137. The number of carboxylic acid groups (broad SMARTS) is 1. The summed E-state index contributed by atoms with van der Waals surface area (Å²) in [7, 11) is 4.02. The van der Waals surface area contributed by atoms with Crippen molar-refractivity contribution in [1.29, 1.82) is 0 Å². The molecule has 9 heteroatoms. The maximum absolute atomic E-state index is 13.1. The van der Waals surface area contributed by atoms with Crippen molar-refractivity contribution < 1.29 is 14.7 Å². The summed E-state index contributed by atoms with van der Waals surface area (Å²) < 4.78 is 1.59. The normalized spacial score (nSPS) is 19.8. The van der Waals surface area contributed by atoms with Crippen molar-refractivity contribution in [2.75, 3.05) is 27.2 Å². The molecule has 2 atom stereocenters. The molecule has 1 amide bonds. The van der Waals surface area contributed by atoms with Gasteiger partial charge in [-0.15, -0.1) is 5.10 Å². The molecule has 1 N–H and O–H groups in total. The number of benzene rings is 1. The molecule has 150 valence electrons. The Balaban J connectivity index is 1.77. The zero-order chi connectivity index (χ0) is 20.3. The van der Waals surface area contributed by atoms with Crippen LogP contribution in [0.5, 0.6) is 0 Å². The fourth-order valence-electron chi connectivity index (χ4n) is 3.90. The van der Waals surface area contributed by atoms with Crippen LogP contribution in [0.4, 0.5) is 0 Å². The van der Waals surface area contributed by atoms with Gasteiger partial charge >= 0.3 is 5.97 Å². The second-order valence-corrected chi connectivity index (χ2v) is 7.45. The maximum Gasteiger partial charge on any atom is 0.303 e. The van der Waals surface area contributed by atoms with E-state index in [0.29, 0.717) is 30.9 Å². The highest BCUT2D eigenvalue weighted by Gasteiger charge is 2.33. The fraction of sp³-hybridized carbons (Fsp3) is 0.526. The Morgan fingerprint density at radius 1 is 1.32 bits per heavy atom. The van der Waals surface area contributed by atoms with Gasteiger partial charge in [0.2, 0.25) is 0 Å². The highest BCUT2D eigenvalue weighted by atomic mass is 16.4. The molecule has 9 nitrogen and oxygen atoms in total. The van der Waals surface area contributed by atoms with Gasteiger partial charge in [0, 0.05) is 31.1 Å². The lowest BCUT2D eigenvalue weighted by Gasteiger charge is -2.41. The van der Waals surface area contributed by atoms with Crippen LogP contribution in [0.25, 0.3) is 5.69 Å². The van der Waals surface area contributed by atoms with Gasteiger partial charge in [0.05, 0.1) is 5.69 Å². The van der Waals surface area contributed by atoms with E-state index in [2.05, 4.69) is 20.4 Å². The third-order valence-electron chi connectivity index (χ3n) is 5.34. The lowest BCUT2D eigenvalue weighted by atomic mass is 9.87. The Morgan fingerprint density at radius 3 is 2.75 bits per heavy atom. The second kappa shape index (κ2) is 8.47. The van der Waals surface area contributed by atoms with E-state index >= 15 is 0 Å². The van der Waals surface area contributed by atoms with Gasteiger partial charge in [0.15, 0.2) is 5.82 Å². The Bertz CT molecular complexity index is 850. The highest BCUT2D eigenvalue weighted by Crippen LogP contribution is 2.26. The molecule has 0 radical (unpaired) electrons. The molecule has 3 rings (SSSR count). The summed E-state index contributed by atoms with van der Waals surface area (Å²) in [6, 6.07) is 7.52. The van der Waals surface area contributed by atoms with Gasteiger partial charge in [-0.1, -0.05) is 6.07 Å². The van der Waals surface area contributed by atoms with E-state index in [1.165, 1.54) is 0 Å². The van der Waals surface area contributed by atoms with E-state index < -0.39 is 5.97 Å². The van der Waals surface area contributed by atoms with Crippen LogP contribution in [0.1, 0.15) is 35.4 Å². The largest absolute Gasteiger partial charge is 0.481 e. The number of hydrogen-bond donors (Lipinski definition) is 1. The number of hydrogen-bond acceptors (Lipinski definition) is 6. The number of nitrogens with zero attached hydrogens (tertiary/aromatic N) is 6. The Kier molecular flexibility index (Phi) is 6.03. The van der Waals surface area contributed by atoms with Crippen molar-refractivity contribution in [3.05, 3.63) is 35.7 Å². The summed E-state index contributed by atoms with van der Waals surface area (Å²) in [5, 5.41) is 20.5. The number of carbonyl (C=O) groups excluding carboxylic acids is 1. The van der Waals surface area contributed by atoms with Crippen molar-refractivity contribution in [2.45, 2.75) is 32.2 Å². The zero-order valence-electron chi connectivity index (χ0n) is 16.4. The summed E-state index contributed by atoms with van der Waals surface area (Å²) >= 11 is 0. The molecular formula is C19H26N6O3. The summed E-state index contributed by atoms with van der Waals surface area (Å²) in [5.74, 6) is -0.0746. The predicted molar refractivity (Wildman–Crippen MR) is 102 cm³/mol. The number of aliphatic carboxylic acids is 1. The Hall–Kier alpha value is -2.81. The quantitative estimate of drug-likeness (QED) is 0.796. The van der Waals surface area contributed by atoms with Crippen molar-refractivity contribution in [3.63, 3.8) is 0 Å². The zero-order valence-corrected chi connectivity index (χ0v) is 16.4. The third kappa shape index (κ3) is 4.36. The number of rotatable bonds is 6. The topological polar surface area (TPSA) is 104 Å². The van der Waals surface area contributed by atoms with E-state index in [1.54, 1.807) is 23.7 Å². The summed E-state index contributed by atoms with van der Waals surface area (Å²) in [6.45, 7) is 3.01. The maximum atomic E-state index is 13.1. The number of amides is 1. The molecular weight excluding hydrogens is 360 g/mol. The molecule has 1 fully saturated rings. The average Bonchev–Trinajstić information content (AvgIpc) is 3.11. The first-order valence-electron chi connectivity index (χ1n) is 9.39. The molecule has 1 aliphatic rings. The first-order valence-corrected chi connectivity index (χ1v) is 9.39. The minimum absolute atomic E-state index is 0.0508. The molecule has 2 heterocycles. The molecule has 1 aromatic carbocycles. The third-order valence-corrected chi connectivity index (χ3v) is 5.34. The fourth-order valence-corrected chi connectivity index (χ4v) is 3.90. The summed E-state index contributed by atoms with van der Waals surface area (Å²) in [4.78, 5) is 28.1. The van der Waals surface area contributed by atoms with Crippen LogP contribution in [-0.4, -0.2) is 80.2 Å². The summed E-state index contributed by atoms with van der Waals surface area (Å²) in [6.07, 6.45) is 1.51. The number of aromatic nitrogens is 4. The summed E-state index contributed by atoms with van der Waals surface area (Å²) in [5.41, 5.74) is 1.31. The second-order valence-electron chi connectivity index (χ2n) is 7.45. The number of carboxylic acids is 1. The van der Waals surface area contributed by atoms with Gasteiger partial charge in [-0.3, -0.25) is 9.59 Å². The van der Waals surface area contributed by atoms with Gasteiger partial charge in [-0.05, 0) is 68.4 Å². The molecule has 1 aromatic heterocycles. The first-order chi connectivity index (χ1) is 13.4. The van der Waals surface area contributed by atoms with Crippen LogP contribution in [-0.2, 0) is 4.79 Å². The monoisotopic (exact) mass is 386 g/mol. The smallest absolute Gasteiger partial charge is 0.303 e. The highest BCUT2D eigenvalue weighted by molar-refractivity contribution is 5.94. The van der Waals surface area contributed by atoms with Crippen molar-refractivity contribution >= 4 is 11.9 Å². The molecule has 1 aliphatic heterocycles. The minimum Gasteiger partial charge on any atom is -0.481 e. The van der Waals surface area contributed by atoms with E-state index in [-0.39, 0.29) is 24.3 Å². The SMILES string of the molecule is Cc1nnnn1-c1cccc(C(=O)N2CC[C@@H](N(C)C)[C@@H](CCC(=O)O)C2)c1. The van der Waals surface area contributed by atoms with Crippen LogP contribution in [0, 0.1) is 12.8 Å². The van der Waals surface area contributed by atoms with Crippen LogP contribution >= 0.6 is 0 Å². The number of likely N-dealkylation sites (tertiary alicyclic amines) is 1. The average molecular weight is 386 g/mol. The molecule has 1 saturated heterocycles. The molecule has 0 saturated carbocycles. The van der Waals surface area contributed by atoms with Crippen LogP contribution in [0.2, 0.25) is 0 Å². The number of piperidine rings is 1. The molecule has 0 bridgehead atoms. The Morgan fingerprint density at radius 2 is 2.11 bits per heavy atom. The van der Waals surface area contributed by atoms with Gasteiger partial charge < -0.3 is 14.9 Å². The molecule has 0 aliphatic carbocycles. The number of aryl methyl sites for hydroxylation is 1. The lowest BCUT2D eigenvalue weighted by Crippen LogP contribution is -2.50. The number of tetrazole rings is 1. The van der Waals surface area contributed by atoms with E-state index in [1.807, 2.05) is 31.1 Å². The van der Waals surface area contributed by atoms with Gasteiger partial charge in [-0.25, -0.2) is 0 Å².